The monoisotopic (exact) mass is 329 g/mol. The fraction of sp³-hybridized carbons (Fsp3) is 0.125. The van der Waals surface area contributed by atoms with E-state index in [0.717, 1.165) is 5.56 Å². The van der Waals surface area contributed by atoms with Gasteiger partial charge in [-0.2, -0.15) is 5.10 Å². The molecule has 0 aliphatic carbocycles. The van der Waals surface area contributed by atoms with E-state index in [1.165, 1.54) is 30.5 Å². The first-order valence-electron chi connectivity index (χ1n) is 6.95. The van der Waals surface area contributed by atoms with E-state index in [2.05, 4.69) is 10.5 Å². The van der Waals surface area contributed by atoms with Crippen molar-refractivity contribution in [3.63, 3.8) is 0 Å². The van der Waals surface area contributed by atoms with Crippen LogP contribution in [0.5, 0.6) is 11.5 Å². The number of aromatic hydroxyl groups is 1. The maximum atomic E-state index is 11.7. The van der Waals surface area contributed by atoms with Crippen LogP contribution in [0.3, 0.4) is 0 Å². The fourth-order valence-electron chi connectivity index (χ4n) is 1.86. The lowest BCUT2D eigenvalue weighted by atomic mass is 10.1. The summed E-state index contributed by atoms with van der Waals surface area (Å²) in [5.74, 6) is -0.552. The van der Waals surface area contributed by atoms with Gasteiger partial charge in [-0.1, -0.05) is 23.8 Å². The average Bonchev–Trinajstić information content (AvgIpc) is 2.56. The Kier molecular flexibility index (Phi) is 5.45. The molecule has 8 heteroatoms. The van der Waals surface area contributed by atoms with Gasteiger partial charge in [0.1, 0.15) is 5.75 Å². The van der Waals surface area contributed by atoms with Crippen molar-refractivity contribution in [3.8, 4) is 11.5 Å². The number of nitrogens with zero attached hydrogens (tertiary/aromatic N) is 2. The fourth-order valence-corrected chi connectivity index (χ4v) is 1.86. The molecule has 2 aromatic carbocycles. The third-order valence-electron chi connectivity index (χ3n) is 3.00. The number of aryl methyl sites for hydroxylation is 1. The maximum Gasteiger partial charge on any atom is 0.310 e. The van der Waals surface area contributed by atoms with Crippen LogP contribution in [0.2, 0.25) is 0 Å². The molecule has 0 unspecified atom stereocenters. The number of carbonyl (C=O) groups excluding carboxylic acids is 1. The third kappa shape index (κ3) is 4.54. The van der Waals surface area contributed by atoms with Crippen molar-refractivity contribution in [2.75, 3.05) is 6.61 Å². The lowest BCUT2D eigenvalue weighted by Gasteiger charge is -2.05. The number of carbonyl (C=O) groups is 1. The summed E-state index contributed by atoms with van der Waals surface area (Å²) >= 11 is 0. The first-order valence-corrected chi connectivity index (χ1v) is 6.95. The zero-order valence-corrected chi connectivity index (χ0v) is 12.8. The number of nitro groups is 1. The molecule has 2 N–H and O–H groups in total. The molecule has 24 heavy (non-hydrogen) atoms. The molecule has 0 aliphatic heterocycles. The summed E-state index contributed by atoms with van der Waals surface area (Å²) in [5.41, 5.74) is 3.38. The van der Waals surface area contributed by atoms with Crippen molar-refractivity contribution in [1.29, 1.82) is 0 Å². The molecule has 1 amide bonds. The first kappa shape index (κ1) is 16.9. The van der Waals surface area contributed by atoms with Crippen LogP contribution >= 0.6 is 0 Å². The normalized spacial score (nSPS) is 10.5. The van der Waals surface area contributed by atoms with Gasteiger partial charge in [0.05, 0.1) is 11.1 Å². The predicted octanol–water partition coefficient (Wildman–Crippen LogP) is 2.14. The smallest absolute Gasteiger partial charge is 0.310 e. The van der Waals surface area contributed by atoms with Gasteiger partial charge in [0.2, 0.25) is 0 Å². The Bertz CT molecular complexity index is 789. The number of hydrazone groups is 1. The molecule has 0 aliphatic rings. The number of amides is 1. The Hall–Kier alpha value is -3.42. The van der Waals surface area contributed by atoms with Gasteiger partial charge in [0, 0.05) is 11.6 Å². The van der Waals surface area contributed by atoms with E-state index >= 15 is 0 Å². The summed E-state index contributed by atoms with van der Waals surface area (Å²) < 4.78 is 5.13. The minimum absolute atomic E-state index is 0.00189. The highest BCUT2D eigenvalue weighted by molar-refractivity contribution is 5.85. The average molecular weight is 329 g/mol. The highest BCUT2D eigenvalue weighted by atomic mass is 16.6. The van der Waals surface area contributed by atoms with Crippen molar-refractivity contribution in [2.24, 2.45) is 5.10 Å². The number of benzene rings is 2. The summed E-state index contributed by atoms with van der Waals surface area (Å²) in [7, 11) is 0. The van der Waals surface area contributed by atoms with Crippen LogP contribution in [0, 0.1) is 17.0 Å². The van der Waals surface area contributed by atoms with Gasteiger partial charge in [-0.15, -0.1) is 0 Å². The molecule has 0 saturated heterocycles. The second-order valence-corrected chi connectivity index (χ2v) is 4.87. The number of hydrogen-bond acceptors (Lipinski definition) is 6. The number of para-hydroxylation sites is 2. The molecule has 2 aromatic rings. The number of hydrogen-bond donors (Lipinski definition) is 2. The van der Waals surface area contributed by atoms with Crippen LogP contribution in [-0.4, -0.2) is 28.8 Å². The van der Waals surface area contributed by atoms with E-state index in [1.54, 1.807) is 18.2 Å². The Balaban J connectivity index is 1.91. The molecule has 2 rings (SSSR count). The van der Waals surface area contributed by atoms with E-state index in [9.17, 15) is 20.0 Å². The number of phenolic OH excluding ortho intramolecular Hbond substituents is 1. The van der Waals surface area contributed by atoms with Gasteiger partial charge in [0.25, 0.3) is 5.91 Å². The zero-order chi connectivity index (χ0) is 17.5. The molecule has 124 valence electrons. The summed E-state index contributed by atoms with van der Waals surface area (Å²) in [6.45, 7) is 1.43. The zero-order valence-electron chi connectivity index (χ0n) is 12.8. The summed E-state index contributed by atoms with van der Waals surface area (Å²) in [5, 5.41) is 24.2. The van der Waals surface area contributed by atoms with Gasteiger partial charge in [-0.05, 0) is 25.1 Å². The van der Waals surface area contributed by atoms with Crippen LogP contribution in [0.25, 0.3) is 0 Å². The molecule has 0 heterocycles. The number of ether oxygens (including phenoxy) is 1. The van der Waals surface area contributed by atoms with Crippen molar-refractivity contribution in [2.45, 2.75) is 6.92 Å². The highest BCUT2D eigenvalue weighted by Gasteiger charge is 2.14. The largest absolute Gasteiger partial charge is 0.507 e. The van der Waals surface area contributed by atoms with E-state index in [-0.39, 0.29) is 17.2 Å². The second kappa shape index (κ2) is 7.73. The van der Waals surface area contributed by atoms with Crippen LogP contribution in [-0.2, 0) is 4.79 Å². The quantitative estimate of drug-likeness (QED) is 0.479. The molecule has 0 fully saturated rings. The van der Waals surface area contributed by atoms with Gasteiger partial charge in [-0.25, -0.2) is 5.43 Å². The van der Waals surface area contributed by atoms with Crippen molar-refractivity contribution in [3.05, 3.63) is 63.7 Å². The third-order valence-corrected chi connectivity index (χ3v) is 3.00. The van der Waals surface area contributed by atoms with Crippen molar-refractivity contribution in [1.82, 2.24) is 5.43 Å². The van der Waals surface area contributed by atoms with Crippen LogP contribution in [0.4, 0.5) is 5.69 Å². The SMILES string of the molecule is Cc1ccc(O)c(/C=N/NC(=O)COc2ccccc2[N+](=O)[O-])c1. The van der Waals surface area contributed by atoms with E-state index in [1.807, 2.05) is 6.92 Å². The maximum absolute atomic E-state index is 11.7. The first-order chi connectivity index (χ1) is 11.5. The second-order valence-electron chi connectivity index (χ2n) is 4.87. The Morgan fingerprint density at radius 2 is 2.12 bits per heavy atom. The number of nitrogens with one attached hydrogen (secondary N) is 1. The molecular weight excluding hydrogens is 314 g/mol. The Morgan fingerprint density at radius 3 is 2.88 bits per heavy atom. The van der Waals surface area contributed by atoms with Gasteiger partial charge < -0.3 is 9.84 Å². The van der Waals surface area contributed by atoms with Gasteiger partial charge in [0.15, 0.2) is 12.4 Å². The molecule has 8 nitrogen and oxygen atoms in total. The van der Waals surface area contributed by atoms with Gasteiger partial charge >= 0.3 is 5.69 Å². The van der Waals surface area contributed by atoms with E-state index in [4.69, 9.17) is 4.74 Å². The minimum atomic E-state index is -0.591. The van der Waals surface area contributed by atoms with Crippen molar-refractivity contribution >= 4 is 17.8 Å². The molecule has 0 radical (unpaired) electrons. The lowest BCUT2D eigenvalue weighted by Crippen LogP contribution is -2.24. The summed E-state index contributed by atoms with van der Waals surface area (Å²) in [6, 6.07) is 10.7. The number of rotatable bonds is 6. The van der Waals surface area contributed by atoms with E-state index < -0.39 is 17.4 Å². The standard InChI is InChI=1S/C16H15N3O5/c1-11-6-7-14(20)12(8-11)9-17-18-16(21)10-24-15-5-3-2-4-13(15)19(22)23/h2-9,20H,10H2,1H3,(H,18,21)/b17-9+. The summed E-state index contributed by atoms with van der Waals surface area (Å²) in [4.78, 5) is 21.9. The summed E-state index contributed by atoms with van der Waals surface area (Å²) in [6.07, 6.45) is 1.30. The van der Waals surface area contributed by atoms with Crippen LogP contribution in [0.15, 0.2) is 47.6 Å². The molecule has 0 atom stereocenters. The lowest BCUT2D eigenvalue weighted by molar-refractivity contribution is -0.385. The highest BCUT2D eigenvalue weighted by Crippen LogP contribution is 2.25. The van der Waals surface area contributed by atoms with Gasteiger partial charge in [-0.3, -0.25) is 14.9 Å². The molecule has 0 bridgehead atoms. The topological polar surface area (TPSA) is 114 Å². The van der Waals surface area contributed by atoms with E-state index in [0.29, 0.717) is 5.56 Å². The van der Waals surface area contributed by atoms with Crippen LogP contribution in [0.1, 0.15) is 11.1 Å². The predicted molar refractivity (Wildman–Crippen MR) is 87.2 cm³/mol. The molecule has 0 saturated carbocycles. The molecule has 0 spiro atoms. The van der Waals surface area contributed by atoms with Crippen molar-refractivity contribution < 1.29 is 19.6 Å². The number of phenols is 1. The molecule has 0 aromatic heterocycles. The van der Waals surface area contributed by atoms with Crippen LogP contribution < -0.4 is 10.2 Å². The Morgan fingerprint density at radius 1 is 1.38 bits per heavy atom. The number of nitro benzene ring substituents is 1. The Labute approximate surface area is 137 Å². The minimum Gasteiger partial charge on any atom is -0.507 e. The molecular formula is C16H15N3O5.